The van der Waals surface area contributed by atoms with E-state index in [1.54, 1.807) is 49.4 Å². The average Bonchev–Trinajstić information content (AvgIpc) is 3.34. The normalized spacial score (nSPS) is 12.2. The molecule has 3 aromatic rings. The summed E-state index contributed by atoms with van der Waals surface area (Å²) in [5.74, 6) is -0.317. The van der Waals surface area contributed by atoms with Gasteiger partial charge in [0.05, 0.1) is 24.2 Å². The smallest absolute Gasteiger partial charge is 0.243 e. The Morgan fingerprint density at radius 1 is 1.00 bits per heavy atom. The van der Waals surface area contributed by atoms with Crippen molar-refractivity contribution in [1.82, 2.24) is 10.0 Å². The van der Waals surface area contributed by atoms with Gasteiger partial charge in [0.2, 0.25) is 21.8 Å². The predicted octanol–water partition coefficient (Wildman–Crippen LogP) is 2.99. The number of rotatable bonds is 10. The topological polar surface area (TPSA) is 109 Å². The summed E-state index contributed by atoms with van der Waals surface area (Å²) in [7, 11) is -3.88. The maximum atomic E-state index is 13.3. The second kappa shape index (κ2) is 10.9. The van der Waals surface area contributed by atoms with E-state index in [1.165, 1.54) is 23.3 Å². The minimum absolute atomic E-state index is 0.0588. The van der Waals surface area contributed by atoms with Gasteiger partial charge in [-0.25, -0.2) is 13.1 Å². The van der Waals surface area contributed by atoms with Gasteiger partial charge in [-0.3, -0.25) is 14.5 Å². The van der Waals surface area contributed by atoms with Crippen LogP contribution in [-0.2, 0) is 26.2 Å². The molecular weight excluding hydrogens is 442 g/mol. The van der Waals surface area contributed by atoms with Crippen LogP contribution in [0.15, 0.2) is 82.3 Å². The van der Waals surface area contributed by atoms with Crippen LogP contribution in [0.25, 0.3) is 0 Å². The van der Waals surface area contributed by atoms with Crippen LogP contribution in [0.2, 0.25) is 0 Å². The van der Waals surface area contributed by atoms with E-state index in [4.69, 9.17) is 4.42 Å². The number of benzene rings is 2. The van der Waals surface area contributed by atoms with Crippen LogP contribution in [0, 0.1) is 6.92 Å². The average molecular weight is 470 g/mol. The molecule has 33 heavy (non-hydrogen) atoms. The van der Waals surface area contributed by atoms with Gasteiger partial charge in [-0.15, -0.1) is 0 Å². The fourth-order valence-electron chi connectivity index (χ4n) is 3.43. The number of anilines is 1. The third-order valence-electron chi connectivity index (χ3n) is 5.13. The van der Waals surface area contributed by atoms with Crippen molar-refractivity contribution in [2.45, 2.75) is 37.8 Å². The van der Waals surface area contributed by atoms with E-state index >= 15 is 0 Å². The molecular formula is C24H27N3O5S. The van der Waals surface area contributed by atoms with Crippen LogP contribution in [0.1, 0.15) is 24.7 Å². The Bertz CT molecular complexity index is 1180. The number of furan rings is 1. The summed E-state index contributed by atoms with van der Waals surface area (Å²) in [5.41, 5.74) is 1.33. The first-order valence-electron chi connectivity index (χ1n) is 10.6. The molecule has 0 spiro atoms. The lowest BCUT2D eigenvalue weighted by atomic mass is 10.1. The summed E-state index contributed by atoms with van der Waals surface area (Å²) in [4.78, 5) is 27.8. The molecule has 1 heterocycles. The molecule has 174 valence electrons. The summed E-state index contributed by atoms with van der Waals surface area (Å²) in [5, 5.41) is 2.79. The van der Waals surface area contributed by atoms with Gasteiger partial charge >= 0.3 is 0 Å². The van der Waals surface area contributed by atoms with E-state index < -0.39 is 28.5 Å². The number of para-hydroxylation sites is 1. The van der Waals surface area contributed by atoms with E-state index in [2.05, 4.69) is 10.0 Å². The van der Waals surface area contributed by atoms with Crippen LogP contribution in [0.4, 0.5) is 5.69 Å². The third-order valence-corrected chi connectivity index (χ3v) is 6.55. The summed E-state index contributed by atoms with van der Waals surface area (Å²) < 4.78 is 32.8. The number of amides is 2. The van der Waals surface area contributed by atoms with E-state index in [0.29, 0.717) is 17.9 Å². The number of hydrogen-bond acceptors (Lipinski definition) is 5. The number of hydrogen-bond donors (Lipinski definition) is 2. The Morgan fingerprint density at radius 3 is 2.33 bits per heavy atom. The van der Waals surface area contributed by atoms with Gasteiger partial charge in [0, 0.05) is 5.69 Å². The highest BCUT2D eigenvalue weighted by atomic mass is 32.2. The van der Waals surface area contributed by atoms with E-state index in [-0.39, 0.29) is 17.3 Å². The molecule has 8 nitrogen and oxygen atoms in total. The van der Waals surface area contributed by atoms with Crippen molar-refractivity contribution in [3.05, 3.63) is 84.3 Å². The number of carbonyl (C=O) groups is 2. The highest BCUT2D eigenvalue weighted by molar-refractivity contribution is 7.89. The summed E-state index contributed by atoms with van der Waals surface area (Å²) >= 11 is 0. The van der Waals surface area contributed by atoms with Gasteiger partial charge in [-0.2, -0.15) is 0 Å². The third kappa shape index (κ3) is 6.09. The lowest BCUT2D eigenvalue weighted by Gasteiger charge is -2.31. The molecule has 0 unspecified atom stereocenters. The van der Waals surface area contributed by atoms with Crippen LogP contribution in [0.5, 0.6) is 0 Å². The first-order chi connectivity index (χ1) is 15.8. The van der Waals surface area contributed by atoms with E-state index in [0.717, 1.165) is 5.56 Å². The van der Waals surface area contributed by atoms with Gasteiger partial charge in [0.25, 0.3) is 0 Å². The highest BCUT2D eigenvalue weighted by Crippen LogP contribution is 2.24. The second-order valence-corrected chi connectivity index (χ2v) is 9.18. The van der Waals surface area contributed by atoms with Crippen LogP contribution < -0.4 is 14.9 Å². The summed E-state index contributed by atoms with van der Waals surface area (Å²) in [6, 6.07) is 17.6. The van der Waals surface area contributed by atoms with Crippen molar-refractivity contribution in [2.75, 3.05) is 11.4 Å². The number of nitrogens with zero attached hydrogens (tertiary/aromatic N) is 1. The van der Waals surface area contributed by atoms with Crippen molar-refractivity contribution >= 4 is 27.5 Å². The molecule has 3 rings (SSSR count). The Kier molecular flexibility index (Phi) is 8.02. The Balaban J connectivity index is 1.83. The molecule has 0 saturated heterocycles. The maximum Gasteiger partial charge on any atom is 0.243 e. The molecule has 0 aliphatic carbocycles. The van der Waals surface area contributed by atoms with Crippen molar-refractivity contribution < 1.29 is 22.4 Å². The van der Waals surface area contributed by atoms with Gasteiger partial charge in [-0.1, -0.05) is 43.3 Å². The molecule has 0 aliphatic heterocycles. The van der Waals surface area contributed by atoms with E-state index in [9.17, 15) is 18.0 Å². The lowest BCUT2D eigenvalue weighted by Crippen LogP contribution is -2.52. The van der Waals surface area contributed by atoms with Crippen LogP contribution >= 0.6 is 0 Å². The van der Waals surface area contributed by atoms with Crippen molar-refractivity contribution in [3.63, 3.8) is 0 Å². The molecule has 2 N–H and O–H groups in total. The fourth-order valence-corrected chi connectivity index (χ4v) is 4.42. The van der Waals surface area contributed by atoms with Gasteiger partial charge < -0.3 is 9.73 Å². The lowest BCUT2D eigenvalue weighted by molar-refractivity contribution is -0.126. The minimum Gasteiger partial charge on any atom is -0.467 e. The molecule has 2 aromatic carbocycles. The number of nitrogens with one attached hydrogen (secondary N) is 2. The van der Waals surface area contributed by atoms with Gasteiger partial charge in [-0.05, 0) is 49.2 Å². The van der Waals surface area contributed by atoms with Crippen LogP contribution in [0.3, 0.4) is 0 Å². The standard InChI is InChI=1S/C24H27N3O5S/c1-3-21(24(29)25-16-19-11-9-15-32-19)27(22-14-8-7-10-18(22)2)23(28)17-26-33(30,31)20-12-5-4-6-13-20/h4-15,21,26H,3,16-17H2,1-2H3,(H,25,29)/t21-/m0/s1. The molecule has 1 aromatic heterocycles. The van der Waals surface area contributed by atoms with Crippen LogP contribution in [-0.4, -0.2) is 32.8 Å². The molecule has 2 amide bonds. The van der Waals surface area contributed by atoms with Crippen molar-refractivity contribution in [3.8, 4) is 0 Å². The van der Waals surface area contributed by atoms with Gasteiger partial charge in [0.15, 0.2) is 0 Å². The zero-order chi connectivity index (χ0) is 23.8. The monoisotopic (exact) mass is 469 g/mol. The summed E-state index contributed by atoms with van der Waals surface area (Å²) in [6.45, 7) is 3.31. The molecule has 0 bridgehead atoms. The predicted molar refractivity (Wildman–Crippen MR) is 125 cm³/mol. The SMILES string of the molecule is CC[C@@H](C(=O)NCc1ccco1)N(C(=O)CNS(=O)(=O)c1ccccc1)c1ccccc1C. The Labute approximate surface area is 193 Å². The first-order valence-corrected chi connectivity index (χ1v) is 12.0. The fraction of sp³-hybridized carbons (Fsp3) is 0.250. The Morgan fingerprint density at radius 2 is 1.70 bits per heavy atom. The number of sulfonamides is 1. The van der Waals surface area contributed by atoms with Crippen molar-refractivity contribution in [2.24, 2.45) is 0 Å². The second-order valence-electron chi connectivity index (χ2n) is 7.41. The molecule has 0 saturated carbocycles. The minimum atomic E-state index is -3.88. The Hall–Kier alpha value is -3.43. The van der Waals surface area contributed by atoms with E-state index in [1.807, 2.05) is 19.1 Å². The maximum absolute atomic E-state index is 13.3. The highest BCUT2D eigenvalue weighted by Gasteiger charge is 2.31. The zero-order valence-corrected chi connectivity index (χ0v) is 19.3. The number of aryl methyl sites for hydroxylation is 1. The van der Waals surface area contributed by atoms with Crippen molar-refractivity contribution in [1.29, 1.82) is 0 Å². The number of carbonyl (C=O) groups excluding carboxylic acids is 2. The molecule has 0 fully saturated rings. The largest absolute Gasteiger partial charge is 0.467 e. The summed E-state index contributed by atoms with van der Waals surface area (Å²) in [6.07, 6.45) is 1.84. The molecule has 9 heteroatoms. The molecule has 0 aliphatic rings. The quantitative estimate of drug-likeness (QED) is 0.475. The first kappa shape index (κ1) is 24.2. The van der Waals surface area contributed by atoms with Gasteiger partial charge in [0.1, 0.15) is 11.8 Å². The zero-order valence-electron chi connectivity index (χ0n) is 18.5. The molecule has 0 radical (unpaired) electrons. The molecule has 1 atom stereocenters.